The molecule has 0 bridgehead atoms. The van der Waals surface area contributed by atoms with Gasteiger partial charge in [0.1, 0.15) is 5.75 Å². The van der Waals surface area contributed by atoms with Crippen LogP contribution in [0.1, 0.15) is 37.4 Å². The Bertz CT molecular complexity index is 339. The molecule has 0 aliphatic rings. The molecule has 0 aromatic heterocycles. The lowest BCUT2D eigenvalue weighted by Gasteiger charge is -2.14. The molecule has 1 aromatic rings. The third kappa shape index (κ3) is 5.00. The number of hydrogen-bond acceptors (Lipinski definition) is 3. The number of ether oxygens (including phenoxy) is 1. The predicted molar refractivity (Wildman–Crippen MR) is 76.9 cm³/mol. The van der Waals surface area contributed by atoms with Gasteiger partial charge in [-0.15, -0.1) is 0 Å². The van der Waals surface area contributed by atoms with Crippen LogP contribution in [-0.4, -0.2) is 18.1 Å². The Balaban J connectivity index is 2.52. The molecule has 96 valence electrons. The first-order valence-corrected chi connectivity index (χ1v) is 7.37. The maximum Gasteiger partial charge on any atom is 0.124 e. The Morgan fingerprint density at radius 3 is 2.82 bits per heavy atom. The molecule has 17 heavy (non-hydrogen) atoms. The number of rotatable bonds is 7. The molecule has 0 saturated carbocycles. The molecule has 1 atom stereocenters. The van der Waals surface area contributed by atoms with Crippen molar-refractivity contribution in [3.8, 4) is 5.75 Å². The molecule has 0 amide bonds. The summed E-state index contributed by atoms with van der Waals surface area (Å²) in [4.78, 5) is 0. The van der Waals surface area contributed by atoms with Crippen molar-refractivity contribution < 1.29 is 4.74 Å². The fourth-order valence-corrected chi connectivity index (χ4v) is 2.25. The fourth-order valence-electron chi connectivity index (χ4n) is 1.64. The van der Waals surface area contributed by atoms with Crippen LogP contribution in [-0.2, 0) is 0 Å². The lowest BCUT2D eigenvalue weighted by molar-refractivity contribution is 0.314. The van der Waals surface area contributed by atoms with E-state index in [9.17, 15) is 0 Å². The van der Waals surface area contributed by atoms with E-state index in [0.717, 1.165) is 30.1 Å². The van der Waals surface area contributed by atoms with Crippen molar-refractivity contribution in [2.75, 3.05) is 18.1 Å². The van der Waals surface area contributed by atoms with Gasteiger partial charge in [0.05, 0.1) is 6.61 Å². The van der Waals surface area contributed by atoms with Crippen LogP contribution in [0.4, 0.5) is 0 Å². The van der Waals surface area contributed by atoms with Gasteiger partial charge in [-0.05, 0) is 37.8 Å². The minimum absolute atomic E-state index is 0.0231. The van der Waals surface area contributed by atoms with E-state index in [-0.39, 0.29) is 6.04 Å². The van der Waals surface area contributed by atoms with Crippen LogP contribution in [0.25, 0.3) is 0 Å². The Hall–Kier alpha value is -0.670. The average molecular weight is 253 g/mol. The van der Waals surface area contributed by atoms with Gasteiger partial charge in [0.15, 0.2) is 0 Å². The largest absolute Gasteiger partial charge is 0.493 e. The summed E-state index contributed by atoms with van der Waals surface area (Å²) in [5.41, 5.74) is 8.28. The second-order valence-corrected chi connectivity index (χ2v) is 5.62. The summed E-state index contributed by atoms with van der Waals surface area (Å²) in [7, 11) is 0. The molecule has 0 spiro atoms. The Morgan fingerprint density at radius 1 is 1.41 bits per heavy atom. The third-order valence-electron chi connectivity index (χ3n) is 2.55. The van der Waals surface area contributed by atoms with Crippen molar-refractivity contribution in [1.82, 2.24) is 0 Å². The molecular weight excluding hydrogens is 230 g/mol. The standard InChI is InChI=1S/C14H23NOS/c1-4-17-9-5-8-16-14-7-6-11(2)10-13(14)12(3)15/h6-7,10,12H,4-5,8-9,15H2,1-3H3. The van der Waals surface area contributed by atoms with E-state index in [1.54, 1.807) is 0 Å². The van der Waals surface area contributed by atoms with Crippen LogP contribution in [0, 0.1) is 6.92 Å². The predicted octanol–water partition coefficient (Wildman–Crippen LogP) is 3.54. The van der Waals surface area contributed by atoms with Crippen molar-refractivity contribution in [1.29, 1.82) is 0 Å². The summed E-state index contributed by atoms with van der Waals surface area (Å²) in [6.45, 7) is 7.03. The first kappa shape index (κ1) is 14.4. The first-order valence-electron chi connectivity index (χ1n) is 6.21. The zero-order valence-corrected chi connectivity index (χ0v) is 11.8. The number of thioether (sulfide) groups is 1. The Labute approximate surface area is 109 Å². The maximum atomic E-state index is 5.95. The lowest BCUT2D eigenvalue weighted by atomic mass is 10.1. The number of benzene rings is 1. The quantitative estimate of drug-likeness (QED) is 0.755. The zero-order chi connectivity index (χ0) is 12.7. The summed E-state index contributed by atoms with van der Waals surface area (Å²) < 4.78 is 5.81. The topological polar surface area (TPSA) is 35.2 Å². The fraction of sp³-hybridized carbons (Fsp3) is 0.571. The van der Waals surface area contributed by atoms with Gasteiger partial charge >= 0.3 is 0 Å². The number of hydrogen-bond donors (Lipinski definition) is 1. The first-order chi connectivity index (χ1) is 8.15. The minimum atomic E-state index is 0.0231. The van der Waals surface area contributed by atoms with Crippen LogP contribution < -0.4 is 10.5 Å². The van der Waals surface area contributed by atoms with Crippen molar-refractivity contribution >= 4 is 11.8 Å². The highest BCUT2D eigenvalue weighted by molar-refractivity contribution is 7.99. The monoisotopic (exact) mass is 253 g/mol. The summed E-state index contributed by atoms with van der Waals surface area (Å²) in [5.74, 6) is 3.28. The molecule has 3 heteroatoms. The highest BCUT2D eigenvalue weighted by Crippen LogP contribution is 2.25. The molecule has 0 radical (unpaired) electrons. The Kier molecular flexibility index (Phi) is 6.45. The van der Waals surface area contributed by atoms with Gasteiger partial charge in [-0.1, -0.05) is 24.6 Å². The molecule has 1 unspecified atom stereocenters. The molecule has 0 aliphatic heterocycles. The number of aryl methyl sites for hydroxylation is 1. The molecule has 0 saturated heterocycles. The molecule has 2 N–H and O–H groups in total. The zero-order valence-electron chi connectivity index (χ0n) is 11.0. The van der Waals surface area contributed by atoms with E-state index in [2.05, 4.69) is 26.0 Å². The molecule has 0 heterocycles. The summed E-state index contributed by atoms with van der Waals surface area (Å²) >= 11 is 1.95. The average Bonchev–Trinajstić information content (AvgIpc) is 2.30. The Morgan fingerprint density at radius 2 is 2.18 bits per heavy atom. The normalized spacial score (nSPS) is 12.5. The van der Waals surface area contributed by atoms with Crippen LogP contribution in [0.15, 0.2) is 18.2 Å². The summed E-state index contributed by atoms with van der Waals surface area (Å²) in [6, 6.07) is 6.24. The highest BCUT2D eigenvalue weighted by atomic mass is 32.2. The second kappa shape index (κ2) is 7.62. The van der Waals surface area contributed by atoms with Gasteiger partial charge in [-0.3, -0.25) is 0 Å². The lowest BCUT2D eigenvalue weighted by Crippen LogP contribution is -2.09. The molecule has 1 aromatic carbocycles. The molecule has 2 nitrogen and oxygen atoms in total. The molecule has 0 aliphatic carbocycles. The summed E-state index contributed by atoms with van der Waals surface area (Å²) in [6.07, 6.45) is 1.09. The van der Waals surface area contributed by atoms with Gasteiger partial charge in [0, 0.05) is 11.6 Å². The van der Waals surface area contributed by atoms with E-state index in [0.29, 0.717) is 0 Å². The van der Waals surface area contributed by atoms with Crippen LogP contribution in [0.5, 0.6) is 5.75 Å². The van der Waals surface area contributed by atoms with Crippen LogP contribution in [0.2, 0.25) is 0 Å². The molecule has 1 rings (SSSR count). The van der Waals surface area contributed by atoms with Gasteiger partial charge in [0.25, 0.3) is 0 Å². The molecular formula is C14H23NOS. The van der Waals surface area contributed by atoms with Crippen molar-refractivity contribution in [3.63, 3.8) is 0 Å². The van der Waals surface area contributed by atoms with E-state index in [1.165, 1.54) is 11.3 Å². The SMILES string of the molecule is CCSCCCOc1ccc(C)cc1C(C)N. The second-order valence-electron chi connectivity index (χ2n) is 4.23. The number of nitrogens with two attached hydrogens (primary N) is 1. The van der Waals surface area contributed by atoms with Gasteiger partial charge in [-0.25, -0.2) is 0 Å². The van der Waals surface area contributed by atoms with E-state index < -0.39 is 0 Å². The van der Waals surface area contributed by atoms with Crippen LogP contribution >= 0.6 is 11.8 Å². The van der Waals surface area contributed by atoms with Crippen molar-refractivity contribution in [2.45, 2.75) is 33.2 Å². The minimum Gasteiger partial charge on any atom is -0.493 e. The van der Waals surface area contributed by atoms with Crippen LogP contribution in [0.3, 0.4) is 0 Å². The van der Waals surface area contributed by atoms with E-state index >= 15 is 0 Å². The van der Waals surface area contributed by atoms with Gasteiger partial charge in [-0.2, -0.15) is 11.8 Å². The van der Waals surface area contributed by atoms with Gasteiger partial charge < -0.3 is 10.5 Å². The van der Waals surface area contributed by atoms with E-state index in [4.69, 9.17) is 10.5 Å². The van der Waals surface area contributed by atoms with Gasteiger partial charge in [0.2, 0.25) is 0 Å². The van der Waals surface area contributed by atoms with Crippen molar-refractivity contribution in [3.05, 3.63) is 29.3 Å². The van der Waals surface area contributed by atoms with Crippen molar-refractivity contribution in [2.24, 2.45) is 5.73 Å². The summed E-state index contributed by atoms with van der Waals surface area (Å²) in [5, 5.41) is 0. The third-order valence-corrected chi connectivity index (χ3v) is 3.54. The smallest absolute Gasteiger partial charge is 0.124 e. The van der Waals surface area contributed by atoms with E-state index in [1.807, 2.05) is 24.8 Å². The maximum absolute atomic E-state index is 5.95. The molecule has 0 fully saturated rings. The highest BCUT2D eigenvalue weighted by Gasteiger charge is 2.08.